The first-order chi connectivity index (χ1) is 8.42. The Balaban J connectivity index is 4.57. The maximum Gasteiger partial charge on any atom is 0.422 e. The van der Waals surface area contributed by atoms with Crippen molar-refractivity contribution < 1.29 is 17.9 Å². The molecule has 0 heterocycles. The first-order valence-corrected chi connectivity index (χ1v) is 5.20. The van der Waals surface area contributed by atoms with Gasteiger partial charge in [-0.1, -0.05) is 25.3 Å². The van der Waals surface area contributed by atoms with Gasteiger partial charge in [0.05, 0.1) is 0 Å². The first kappa shape index (κ1) is 16.2. The summed E-state index contributed by atoms with van der Waals surface area (Å²) in [5.74, 6) is 0.0539. The number of halogens is 3. The quantitative estimate of drug-likeness (QED) is 0.369. The van der Waals surface area contributed by atoms with Crippen molar-refractivity contribution in [1.82, 2.24) is 0 Å². The van der Waals surface area contributed by atoms with E-state index in [9.17, 15) is 13.2 Å². The molecule has 18 heavy (non-hydrogen) atoms. The van der Waals surface area contributed by atoms with Crippen molar-refractivity contribution in [3.63, 3.8) is 0 Å². The Hall–Kier alpha value is -1.78. The van der Waals surface area contributed by atoms with Crippen molar-refractivity contribution in [2.75, 3.05) is 13.2 Å². The molecule has 0 bridgehead atoms. The summed E-state index contributed by atoms with van der Waals surface area (Å²) in [6, 6.07) is 0. The third-order valence-corrected chi connectivity index (χ3v) is 1.89. The Morgan fingerprint density at radius 1 is 1.17 bits per heavy atom. The summed E-state index contributed by atoms with van der Waals surface area (Å²) < 4.78 is 40.4. The highest BCUT2D eigenvalue weighted by atomic mass is 19.4. The molecule has 100 valence electrons. The van der Waals surface area contributed by atoms with Crippen molar-refractivity contribution in [2.45, 2.75) is 12.6 Å². The molecule has 0 aromatic heterocycles. The minimum atomic E-state index is -4.36. The molecule has 0 saturated heterocycles. The summed E-state index contributed by atoms with van der Waals surface area (Å²) in [7, 11) is 0. The average Bonchev–Trinajstić information content (AvgIpc) is 2.31. The highest BCUT2D eigenvalue weighted by Gasteiger charge is 2.28. The van der Waals surface area contributed by atoms with Gasteiger partial charge in [-0.25, -0.2) is 0 Å². The van der Waals surface area contributed by atoms with Gasteiger partial charge in [0.15, 0.2) is 6.61 Å². The average molecular weight is 259 g/mol. The van der Waals surface area contributed by atoms with Crippen LogP contribution < -0.4 is 0 Å². The van der Waals surface area contributed by atoms with Gasteiger partial charge in [-0.05, 0) is 30.9 Å². The van der Waals surface area contributed by atoms with Gasteiger partial charge in [-0.2, -0.15) is 13.2 Å². The fourth-order valence-corrected chi connectivity index (χ4v) is 0.991. The predicted octanol–water partition coefficient (Wildman–Crippen LogP) is 3.84. The van der Waals surface area contributed by atoms with E-state index in [1.54, 1.807) is 12.2 Å². The first-order valence-electron chi connectivity index (χ1n) is 5.20. The molecule has 0 aliphatic rings. The molecular weight excluding hydrogens is 243 g/mol. The van der Waals surface area contributed by atoms with Crippen LogP contribution in [0.5, 0.6) is 0 Å². The zero-order valence-electron chi connectivity index (χ0n) is 10.0. The fourth-order valence-electron chi connectivity index (χ4n) is 0.991. The Bertz CT molecular complexity index is 354. The summed E-state index contributed by atoms with van der Waals surface area (Å²) in [4.78, 5) is 3.68. The van der Waals surface area contributed by atoms with Gasteiger partial charge in [0.1, 0.15) is 5.76 Å². The van der Waals surface area contributed by atoms with Gasteiger partial charge in [-0.3, -0.25) is 0 Å². The van der Waals surface area contributed by atoms with Crippen LogP contribution in [0.15, 0.2) is 53.8 Å². The third-order valence-electron chi connectivity index (χ3n) is 1.89. The van der Waals surface area contributed by atoms with E-state index < -0.39 is 12.8 Å². The summed E-state index contributed by atoms with van der Waals surface area (Å²) in [5, 5.41) is 0. The minimum absolute atomic E-state index is 0.0539. The van der Waals surface area contributed by atoms with Crippen LogP contribution >= 0.6 is 0 Å². The molecule has 0 atom stereocenters. The van der Waals surface area contributed by atoms with E-state index in [-0.39, 0.29) is 5.76 Å². The third kappa shape index (κ3) is 8.38. The Labute approximate surface area is 105 Å². The van der Waals surface area contributed by atoms with E-state index in [2.05, 4.69) is 29.6 Å². The predicted molar refractivity (Wildman–Crippen MR) is 67.6 cm³/mol. The maximum absolute atomic E-state index is 11.9. The molecule has 0 radical (unpaired) electrons. The largest absolute Gasteiger partial charge is 0.484 e. The molecule has 5 heteroatoms. The van der Waals surface area contributed by atoms with Crippen molar-refractivity contribution >= 4 is 6.72 Å². The zero-order chi connectivity index (χ0) is 14.0. The van der Waals surface area contributed by atoms with E-state index in [1.165, 1.54) is 12.2 Å². The lowest BCUT2D eigenvalue weighted by Crippen LogP contribution is -2.16. The Morgan fingerprint density at radius 2 is 1.83 bits per heavy atom. The van der Waals surface area contributed by atoms with Crippen LogP contribution in [0, 0.1) is 0 Å². The van der Waals surface area contributed by atoms with Crippen molar-refractivity contribution in [2.24, 2.45) is 4.99 Å². The standard InChI is InChI=1S/C13H16F3NO/c1-4-11(8-9-17-3)6-7-12(5-2)18-10-13(14,15)16/h4-7H,1-3,8-10H2. The van der Waals surface area contributed by atoms with E-state index in [0.717, 1.165) is 5.57 Å². The van der Waals surface area contributed by atoms with Gasteiger partial charge < -0.3 is 9.73 Å². The lowest BCUT2D eigenvalue weighted by molar-refractivity contribution is -0.163. The van der Waals surface area contributed by atoms with Crippen molar-refractivity contribution in [3.8, 4) is 0 Å². The Kier molecular flexibility index (Phi) is 7.51. The van der Waals surface area contributed by atoms with Gasteiger partial charge in [0.25, 0.3) is 0 Å². The number of alkyl halides is 3. The van der Waals surface area contributed by atoms with Crippen molar-refractivity contribution in [3.05, 3.63) is 48.8 Å². The van der Waals surface area contributed by atoms with E-state index in [1.807, 2.05) is 0 Å². The molecule has 0 aromatic carbocycles. The van der Waals surface area contributed by atoms with Crippen LogP contribution in [0.1, 0.15) is 6.42 Å². The normalized spacial score (nSPS) is 13.1. The van der Waals surface area contributed by atoms with Gasteiger partial charge in [0, 0.05) is 6.54 Å². The van der Waals surface area contributed by atoms with Crippen LogP contribution in [-0.2, 0) is 4.74 Å². The van der Waals surface area contributed by atoms with Crippen molar-refractivity contribution in [1.29, 1.82) is 0 Å². The maximum atomic E-state index is 11.9. The van der Waals surface area contributed by atoms with Gasteiger partial charge >= 0.3 is 6.18 Å². The number of hydrogen-bond donors (Lipinski definition) is 0. The van der Waals surface area contributed by atoms with Crippen LogP contribution in [0.4, 0.5) is 13.2 Å². The number of allylic oxidation sites excluding steroid dienone is 4. The number of rotatable bonds is 8. The lowest BCUT2D eigenvalue weighted by atomic mass is 10.1. The summed E-state index contributed by atoms with van der Waals surface area (Å²) in [6.45, 7) is 9.51. The second-order valence-electron chi connectivity index (χ2n) is 3.32. The van der Waals surface area contributed by atoms with E-state index >= 15 is 0 Å². The lowest BCUT2D eigenvalue weighted by Gasteiger charge is -2.09. The smallest absolute Gasteiger partial charge is 0.422 e. The zero-order valence-corrected chi connectivity index (χ0v) is 10.0. The molecule has 0 amide bonds. The molecular formula is C13H16F3NO. The molecule has 0 spiro atoms. The minimum Gasteiger partial charge on any atom is -0.484 e. The second kappa shape index (κ2) is 8.33. The number of ether oxygens (including phenoxy) is 1. The van der Waals surface area contributed by atoms with E-state index in [4.69, 9.17) is 0 Å². The number of nitrogens with zero attached hydrogens (tertiary/aromatic N) is 1. The molecule has 0 N–H and O–H groups in total. The highest BCUT2D eigenvalue weighted by Crippen LogP contribution is 2.17. The highest BCUT2D eigenvalue weighted by molar-refractivity contribution is 5.27. The molecule has 0 aliphatic carbocycles. The van der Waals surface area contributed by atoms with Crippen LogP contribution in [-0.4, -0.2) is 26.0 Å². The van der Waals surface area contributed by atoms with Gasteiger partial charge in [-0.15, -0.1) is 0 Å². The van der Waals surface area contributed by atoms with E-state index in [0.29, 0.717) is 13.0 Å². The molecule has 2 nitrogen and oxygen atoms in total. The number of aliphatic imine (C=N–C) groups is 1. The number of hydrogen-bond acceptors (Lipinski definition) is 2. The van der Waals surface area contributed by atoms with Crippen LogP contribution in [0.25, 0.3) is 0 Å². The van der Waals surface area contributed by atoms with Gasteiger partial charge in [0.2, 0.25) is 0 Å². The summed E-state index contributed by atoms with van der Waals surface area (Å²) >= 11 is 0. The SMILES string of the molecule is C=CC(=CC=C(C=C)OCC(F)(F)F)CCN=C. The Morgan fingerprint density at radius 3 is 2.28 bits per heavy atom. The summed E-state index contributed by atoms with van der Waals surface area (Å²) in [6.07, 6.45) is 2.11. The molecule has 0 saturated carbocycles. The summed E-state index contributed by atoms with van der Waals surface area (Å²) in [5.41, 5.74) is 0.831. The molecule has 0 fully saturated rings. The molecule has 0 unspecified atom stereocenters. The monoisotopic (exact) mass is 259 g/mol. The fraction of sp³-hybridized carbons (Fsp3) is 0.308. The molecule has 0 rings (SSSR count). The molecule has 0 aromatic rings. The molecule has 0 aliphatic heterocycles. The topological polar surface area (TPSA) is 21.6 Å². The second-order valence-corrected chi connectivity index (χ2v) is 3.32. The van der Waals surface area contributed by atoms with Crippen LogP contribution in [0.2, 0.25) is 0 Å². The van der Waals surface area contributed by atoms with Crippen LogP contribution in [0.3, 0.4) is 0 Å².